The summed E-state index contributed by atoms with van der Waals surface area (Å²) in [6.45, 7) is 1.61. The number of imidazole rings is 1. The Hall–Kier alpha value is -3.79. The van der Waals surface area contributed by atoms with Crippen molar-refractivity contribution in [1.29, 1.82) is 0 Å². The van der Waals surface area contributed by atoms with E-state index in [9.17, 15) is 12.8 Å². The van der Waals surface area contributed by atoms with E-state index in [2.05, 4.69) is 25.0 Å². The van der Waals surface area contributed by atoms with Crippen LogP contribution in [0.4, 0.5) is 21.6 Å². The lowest BCUT2D eigenvalue weighted by molar-refractivity contribution is 0.594. The van der Waals surface area contributed by atoms with E-state index in [-0.39, 0.29) is 4.90 Å². The van der Waals surface area contributed by atoms with Crippen molar-refractivity contribution >= 4 is 27.2 Å². The minimum Gasteiger partial charge on any atom is -0.340 e. The van der Waals surface area contributed by atoms with Crippen molar-refractivity contribution in [3.05, 3.63) is 85.0 Å². The Morgan fingerprint density at radius 3 is 2.50 bits per heavy atom. The third kappa shape index (κ3) is 4.28. The maximum Gasteiger partial charge on any atom is 0.262 e. The molecule has 0 unspecified atom stereocenters. The average molecular weight is 424 g/mol. The Morgan fingerprint density at radius 2 is 1.77 bits per heavy atom. The normalized spacial score (nSPS) is 11.3. The number of hydrogen-bond donors (Lipinski definition) is 2. The first kappa shape index (κ1) is 19.5. The van der Waals surface area contributed by atoms with Crippen molar-refractivity contribution in [3.8, 4) is 5.82 Å². The molecule has 2 aromatic heterocycles. The van der Waals surface area contributed by atoms with Crippen LogP contribution in [-0.4, -0.2) is 27.9 Å². The Kier molecular flexibility index (Phi) is 5.15. The second-order valence-electron chi connectivity index (χ2n) is 6.45. The number of aryl methyl sites for hydroxylation is 1. The third-order valence-corrected chi connectivity index (χ3v) is 5.79. The Labute approximate surface area is 172 Å². The molecule has 0 radical (unpaired) electrons. The smallest absolute Gasteiger partial charge is 0.262 e. The highest BCUT2D eigenvalue weighted by atomic mass is 32.2. The zero-order chi connectivity index (χ0) is 21.1. The van der Waals surface area contributed by atoms with Crippen molar-refractivity contribution < 1.29 is 12.8 Å². The molecule has 152 valence electrons. The predicted molar refractivity (Wildman–Crippen MR) is 111 cm³/mol. The lowest BCUT2D eigenvalue weighted by Crippen LogP contribution is -2.14. The van der Waals surface area contributed by atoms with Crippen molar-refractivity contribution in [3.63, 3.8) is 0 Å². The SMILES string of the molecule is Cc1ccc(F)cc1S(=O)(=O)Nc1ccc(Nc2cc(-n3ccnc3)ncn2)cc1. The fourth-order valence-electron chi connectivity index (χ4n) is 2.79. The predicted octanol–water partition coefficient (Wildman–Crippen LogP) is 3.65. The second-order valence-corrected chi connectivity index (χ2v) is 8.10. The number of halogens is 1. The minimum absolute atomic E-state index is 0.0993. The fourth-order valence-corrected chi connectivity index (χ4v) is 4.11. The van der Waals surface area contributed by atoms with Gasteiger partial charge in [-0.25, -0.2) is 27.8 Å². The summed E-state index contributed by atoms with van der Waals surface area (Å²) in [5.74, 6) is 0.609. The van der Waals surface area contributed by atoms with Crippen molar-refractivity contribution in [1.82, 2.24) is 19.5 Å². The maximum absolute atomic E-state index is 13.5. The van der Waals surface area contributed by atoms with E-state index in [1.54, 1.807) is 60.5 Å². The number of hydrogen-bond acceptors (Lipinski definition) is 6. The molecule has 0 saturated carbocycles. The molecule has 2 heterocycles. The largest absolute Gasteiger partial charge is 0.340 e. The quantitative estimate of drug-likeness (QED) is 0.490. The molecule has 0 bridgehead atoms. The third-order valence-electron chi connectivity index (χ3n) is 4.27. The molecule has 0 atom stereocenters. The molecule has 10 heteroatoms. The standard InChI is InChI=1S/C20H17FN6O2S/c1-14-2-3-15(21)10-18(14)30(28,29)26-17-6-4-16(5-7-17)25-19-11-20(24-12-23-19)27-9-8-22-13-27/h2-13,26H,1H3,(H,23,24,25). The summed E-state index contributed by atoms with van der Waals surface area (Å²) in [5.41, 5.74) is 1.51. The highest BCUT2D eigenvalue weighted by molar-refractivity contribution is 7.92. The van der Waals surface area contributed by atoms with Crippen LogP contribution in [-0.2, 0) is 10.0 Å². The highest BCUT2D eigenvalue weighted by Gasteiger charge is 2.17. The molecule has 8 nitrogen and oxygen atoms in total. The molecular formula is C20H17FN6O2S. The molecule has 0 amide bonds. The number of aromatic nitrogens is 4. The molecule has 2 aromatic carbocycles. The maximum atomic E-state index is 13.5. The molecule has 0 fully saturated rings. The van der Waals surface area contributed by atoms with E-state index in [0.29, 0.717) is 28.6 Å². The van der Waals surface area contributed by atoms with E-state index in [4.69, 9.17) is 0 Å². The van der Waals surface area contributed by atoms with Crippen LogP contribution in [0.15, 0.2) is 78.5 Å². The van der Waals surface area contributed by atoms with Gasteiger partial charge in [-0.05, 0) is 48.9 Å². The van der Waals surface area contributed by atoms with Gasteiger partial charge in [-0.2, -0.15) is 0 Å². The lowest BCUT2D eigenvalue weighted by atomic mass is 10.2. The minimum atomic E-state index is -3.91. The summed E-state index contributed by atoms with van der Waals surface area (Å²) in [6, 6.07) is 12.0. The van der Waals surface area contributed by atoms with Crippen LogP contribution in [0.25, 0.3) is 5.82 Å². The number of nitrogens with zero attached hydrogens (tertiary/aromatic N) is 4. The number of nitrogens with one attached hydrogen (secondary N) is 2. The molecule has 0 aliphatic rings. The first-order chi connectivity index (χ1) is 14.4. The van der Waals surface area contributed by atoms with E-state index < -0.39 is 15.8 Å². The molecule has 0 saturated heterocycles. The molecule has 0 aliphatic heterocycles. The van der Waals surface area contributed by atoms with Crippen molar-refractivity contribution in [2.75, 3.05) is 10.0 Å². The number of anilines is 3. The van der Waals surface area contributed by atoms with Gasteiger partial charge < -0.3 is 5.32 Å². The molecule has 0 spiro atoms. The summed E-state index contributed by atoms with van der Waals surface area (Å²) in [7, 11) is -3.91. The molecule has 2 N–H and O–H groups in total. The molecule has 0 aliphatic carbocycles. The molecule has 4 aromatic rings. The lowest BCUT2D eigenvalue weighted by Gasteiger charge is -2.12. The Bertz CT molecular complexity index is 1280. The first-order valence-corrected chi connectivity index (χ1v) is 10.4. The van der Waals surface area contributed by atoms with Crippen LogP contribution in [0.1, 0.15) is 5.56 Å². The topological polar surface area (TPSA) is 102 Å². The monoisotopic (exact) mass is 424 g/mol. The number of rotatable bonds is 6. The summed E-state index contributed by atoms with van der Waals surface area (Å²) in [4.78, 5) is 12.3. The van der Waals surface area contributed by atoms with Gasteiger partial charge in [-0.1, -0.05) is 6.07 Å². The van der Waals surface area contributed by atoms with Gasteiger partial charge in [0.1, 0.15) is 30.1 Å². The molecular weight excluding hydrogens is 407 g/mol. The van der Waals surface area contributed by atoms with E-state index in [1.165, 1.54) is 18.5 Å². The zero-order valence-corrected chi connectivity index (χ0v) is 16.6. The van der Waals surface area contributed by atoms with E-state index >= 15 is 0 Å². The number of sulfonamides is 1. The number of benzene rings is 2. The van der Waals surface area contributed by atoms with Gasteiger partial charge in [-0.15, -0.1) is 0 Å². The summed E-state index contributed by atoms with van der Waals surface area (Å²) < 4.78 is 42.9. The molecule has 4 rings (SSSR count). The fraction of sp³-hybridized carbons (Fsp3) is 0.0500. The Balaban J connectivity index is 1.50. The Morgan fingerprint density at radius 1 is 1.00 bits per heavy atom. The van der Waals surface area contributed by atoms with Crippen molar-refractivity contribution in [2.24, 2.45) is 0 Å². The van der Waals surface area contributed by atoms with Crippen molar-refractivity contribution in [2.45, 2.75) is 11.8 Å². The van der Waals surface area contributed by atoms with Gasteiger partial charge in [0.15, 0.2) is 0 Å². The molecule has 30 heavy (non-hydrogen) atoms. The summed E-state index contributed by atoms with van der Waals surface area (Å²) in [6.07, 6.45) is 6.49. The van der Waals surface area contributed by atoms with Gasteiger partial charge in [0.2, 0.25) is 0 Å². The van der Waals surface area contributed by atoms with Gasteiger partial charge in [0.05, 0.1) is 4.90 Å². The first-order valence-electron chi connectivity index (χ1n) is 8.87. The van der Waals surface area contributed by atoms with Gasteiger partial charge in [-0.3, -0.25) is 9.29 Å². The highest BCUT2D eigenvalue weighted by Crippen LogP contribution is 2.23. The van der Waals surface area contributed by atoms with Gasteiger partial charge in [0.25, 0.3) is 10.0 Å². The van der Waals surface area contributed by atoms with Crippen LogP contribution in [0.3, 0.4) is 0 Å². The zero-order valence-electron chi connectivity index (χ0n) is 15.8. The summed E-state index contributed by atoms with van der Waals surface area (Å²) >= 11 is 0. The summed E-state index contributed by atoms with van der Waals surface area (Å²) in [5, 5.41) is 3.13. The van der Waals surface area contributed by atoms with Crippen LogP contribution >= 0.6 is 0 Å². The van der Waals surface area contributed by atoms with Gasteiger partial charge >= 0.3 is 0 Å². The van der Waals surface area contributed by atoms with Crippen LogP contribution in [0, 0.1) is 12.7 Å². The van der Waals surface area contributed by atoms with E-state index in [1.807, 2.05) is 0 Å². The van der Waals surface area contributed by atoms with Crippen LogP contribution < -0.4 is 10.0 Å². The van der Waals surface area contributed by atoms with Crippen LogP contribution in [0.2, 0.25) is 0 Å². The average Bonchev–Trinajstić information content (AvgIpc) is 3.26. The van der Waals surface area contributed by atoms with E-state index in [0.717, 1.165) is 6.07 Å². The van der Waals surface area contributed by atoms with Crippen LogP contribution in [0.5, 0.6) is 0 Å². The van der Waals surface area contributed by atoms with Gasteiger partial charge in [0, 0.05) is 29.8 Å². The second kappa shape index (κ2) is 7.91.